The van der Waals surface area contributed by atoms with Gasteiger partial charge in [-0.15, -0.1) is 0 Å². The fourth-order valence-electron chi connectivity index (χ4n) is 1.82. The second-order valence-electron chi connectivity index (χ2n) is 4.37. The van der Waals surface area contributed by atoms with Crippen LogP contribution in [-0.4, -0.2) is 13.2 Å². The van der Waals surface area contributed by atoms with Gasteiger partial charge in [-0.1, -0.05) is 6.07 Å². The Morgan fingerprint density at radius 2 is 2.06 bits per heavy atom. The van der Waals surface area contributed by atoms with E-state index in [-0.39, 0.29) is 5.82 Å². The van der Waals surface area contributed by atoms with E-state index in [1.807, 2.05) is 6.92 Å². The highest BCUT2D eigenvalue weighted by Gasteiger charge is 2.53. The zero-order valence-electron chi connectivity index (χ0n) is 8.83. The van der Waals surface area contributed by atoms with E-state index in [9.17, 15) is 12.8 Å². The molecule has 1 aliphatic carbocycles. The first-order valence-corrected chi connectivity index (χ1v) is 7.34. The normalized spacial score (nSPS) is 18.4. The molecule has 0 spiro atoms. The van der Waals surface area contributed by atoms with Gasteiger partial charge in [-0.2, -0.15) is 0 Å². The van der Waals surface area contributed by atoms with Gasteiger partial charge in [0, 0.05) is 10.7 Å². The molecule has 0 radical (unpaired) electrons. The molecule has 88 valence electrons. The van der Waals surface area contributed by atoms with E-state index in [1.54, 1.807) is 6.07 Å². The van der Waals surface area contributed by atoms with Crippen molar-refractivity contribution in [2.24, 2.45) is 0 Å². The first kappa shape index (κ1) is 11.9. The molecule has 0 aromatic heterocycles. The number of benzene rings is 1. The molecular weight excluding hydrogens is 251 g/mol. The van der Waals surface area contributed by atoms with Crippen LogP contribution < -0.4 is 0 Å². The molecule has 1 fully saturated rings. The molecule has 0 bridgehead atoms. The maximum atomic E-state index is 13.1. The van der Waals surface area contributed by atoms with Crippen LogP contribution in [0.5, 0.6) is 0 Å². The Labute approximate surface area is 98.8 Å². The standard InChI is InChI=1S/C11H12ClFO2S/c1-8-2-3-10(13)6-9(8)7-11(4-5-11)16(12,14)15/h2-3,6H,4-5,7H2,1H3. The molecule has 2 nitrogen and oxygen atoms in total. The van der Waals surface area contributed by atoms with Crippen molar-refractivity contribution >= 4 is 19.7 Å². The molecule has 5 heteroatoms. The highest BCUT2D eigenvalue weighted by Crippen LogP contribution is 2.48. The summed E-state index contributed by atoms with van der Waals surface area (Å²) in [7, 11) is 1.84. The number of rotatable bonds is 3. The Bertz CT molecular complexity index is 521. The average molecular weight is 263 g/mol. The summed E-state index contributed by atoms with van der Waals surface area (Å²) in [4.78, 5) is 0. The number of hydrogen-bond acceptors (Lipinski definition) is 2. The summed E-state index contributed by atoms with van der Waals surface area (Å²) in [5, 5.41) is 0. The van der Waals surface area contributed by atoms with Gasteiger partial charge in [0.05, 0.1) is 4.75 Å². The predicted molar refractivity (Wildman–Crippen MR) is 61.6 cm³/mol. The summed E-state index contributed by atoms with van der Waals surface area (Å²) in [5.74, 6) is -0.344. The van der Waals surface area contributed by atoms with Crippen molar-refractivity contribution in [3.05, 3.63) is 35.1 Å². The van der Waals surface area contributed by atoms with E-state index in [2.05, 4.69) is 0 Å². The first-order valence-electron chi connectivity index (χ1n) is 5.03. The van der Waals surface area contributed by atoms with Crippen LogP contribution in [0.4, 0.5) is 4.39 Å². The van der Waals surface area contributed by atoms with E-state index in [0.29, 0.717) is 19.3 Å². The quantitative estimate of drug-likeness (QED) is 0.785. The largest absolute Gasteiger partial charge is 0.238 e. The molecule has 0 heterocycles. The van der Waals surface area contributed by atoms with Gasteiger partial charge in [-0.25, -0.2) is 12.8 Å². The van der Waals surface area contributed by atoms with Crippen LogP contribution in [0.2, 0.25) is 0 Å². The Hall–Kier alpha value is -0.610. The van der Waals surface area contributed by atoms with Crippen LogP contribution in [0, 0.1) is 12.7 Å². The van der Waals surface area contributed by atoms with Crippen LogP contribution in [0.15, 0.2) is 18.2 Å². The van der Waals surface area contributed by atoms with Crippen molar-refractivity contribution in [3.63, 3.8) is 0 Å². The van der Waals surface area contributed by atoms with Gasteiger partial charge in [-0.3, -0.25) is 0 Å². The lowest BCUT2D eigenvalue weighted by molar-refractivity contribution is 0.588. The fraction of sp³-hybridized carbons (Fsp3) is 0.455. The predicted octanol–water partition coefficient (Wildman–Crippen LogP) is 2.78. The zero-order chi connectivity index (χ0) is 12.0. The van der Waals surface area contributed by atoms with E-state index >= 15 is 0 Å². The molecule has 1 aromatic rings. The highest BCUT2D eigenvalue weighted by molar-refractivity contribution is 8.15. The van der Waals surface area contributed by atoms with Gasteiger partial charge < -0.3 is 0 Å². The molecule has 2 rings (SSSR count). The van der Waals surface area contributed by atoms with Gasteiger partial charge in [-0.05, 0) is 49.4 Å². The van der Waals surface area contributed by atoms with Gasteiger partial charge in [0.25, 0.3) is 0 Å². The van der Waals surface area contributed by atoms with E-state index < -0.39 is 13.8 Å². The SMILES string of the molecule is Cc1ccc(F)cc1CC1(S(=O)(=O)Cl)CC1. The summed E-state index contributed by atoms with van der Waals surface area (Å²) in [5.41, 5.74) is 1.62. The van der Waals surface area contributed by atoms with Gasteiger partial charge in [0.15, 0.2) is 0 Å². The number of halogens is 2. The van der Waals surface area contributed by atoms with Crippen molar-refractivity contribution < 1.29 is 12.8 Å². The van der Waals surface area contributed by atoms with E-state index in [0.717, 1.165) is 11.1 Å². The summed E-state index contributed by atoms with van der Waals surface area (Å²) in [6, 6.07) is 4.41. The maximum Gasteiger partial charge on any atom is 0.238 e. The topological polar surface area (TPSA) is 34.1 Å². The third-order valence-corrected chi connectivity index (χ3v) is 5.72. The number of hydrogen-bond donors (Lipinski definition) is 0. The Morgan fingerprint density at radius 3 is 2.56 bits per heavy atom. The molecule has 1 saturated carbocycles. The van der Waals surface area contributed by atoms with Crippen LogP contribution >= 0.6 is 10.7 Å². The van der Waals surface area contributed by atoms with Gasteiger partial charge in [0.1, 0.15) is 5.82 Å². The fourth-order valence-corrected chi connectivity index (χ4v) is 3.37. The molecule has 0 saturated heterocycles. The average Bonchev–Trinajstić information content (AvgIpc) is 2.91. The lowest BCUT2D eigenvalue weighted by Gasteiger charge is -2.13. The molecule has 0 aliphatic heterocycles. The smallest absolute Gasteiger partial charge is 0.212 e. The number of aryl methyl sites for hydroxylation is 1. The molecular formula is C11H12ClFO2S. The summed E-state index contributed by atoms with van der Waals surface area (Å²) >= 11 is 0. The van der Waals surface area contributed by atoms with Crippen LogP contribution in [-0.2, 0) is 15.5 Å². The van der Waals surface area contributed by atoms with E-state index in [1.165, 1.54) is 12.1 Å². The molecule has 1 aromatic carbocycles. The van der Waals surface area contributed by atoms with Crippen LogP contribution in [0.3, 0.4) is 0 Å². The molecule has 0 N–H and O–H groups in total. The van der Waals surface area contributed by atoms with Crippen molar-refractivity contribution in [2.75, 3.05) is 0 Å². The lowest BCUT2D eigenvalue weighted by atomic mass is 10.0. The maximum absolute atomic E-state index is 13.1. The van der Waals surface area contributed by atoms with Crippen LogP contribution in [0.1, 0.15) is 24.0 Å². The minimum absolute atomic E-state index is 0.308. The van der Waals surface area contributed by atoms with Gasteiger partial charge in [0.2, 0.25) is 9.05 Å². The molecule has 16 heavy (non-hydrogen) atoms. The molecule has 1 aliphatic rings. The highest BCUT2D eigenvalue weighted by atomic mass is 35.7. The van der Waals surface area contributed by atoms with Gasteiger partial charge >= 0.3 is 0 Å². The Kier molecular flexibility index (Phi) is 2.75. The molecule has 0 atom stereocenters. The Balaban J connectivity index is 2.32. The minimum atomic E-state index is -3.57. The summed E-state index contributed by atoms with van der Waals surface area (Å²) in [6.07, 6.45) is 1.44. The lowest BCUT2D eigenvalue weighted by Crippen LogP contribution is -2.21. The monoisotopic (exact) mass is 262 g/mol. The third kappa shape index (κ3) is 2.09. The van der Waals surface area contributed by atoms with Crippen molar-refractivity contribution in [1.82, 2.24) is 0 Å². The molecule has 0 unspecified atom stereocenters. The van der Waals surface area contributed by atoms with Crippen molar-refractivity contribution in [3.8, 4) is 0 Å². The summed E-state index contributed by atoms with van der Waals surface area (Å²) < 4.78 is 35.0. The van der Waals surface area contributed by atoms with Crippen molar-refractivity contribution in [1.29, 1.82) is 0 Å². The van der Waals surface area contributed by atoms with E-state index in [4.69, 9.17) is 10.7 Å². The third-order valence-electron chi connectivity index (χ3n) is 3.15. The Morgan fingerprint density at radius 1 is 1.44 bits per heavy atom. The second-order valence-corrected chi connectivity index (χ2v) is 7.33. The summed E-state index contributed by atoms with van der Waals surface area (Å²) in [6.45, 7) is 1.84. The minimum Gasteiger partial charge on any atom is -0.212 e. The zero-order valence-corrected chi connectivity index (χ0v) is 10.4. The first-order chi connectivity index (χ1) is 7.34. The van der Waals surface area contributed by atoms with Crippen LogP contribution in [0.25, 0.3) is 0 Å². The van der Waals surface area contributed by atoms with Crippen molar-refractivity contribution in [2.45, 2.75) is 30.9 Å². The second kappa shape index (κ2) is 3.70. The molecule has 0 amide bonds.